The van der Waals surface area contributed by atoms with Crippen LogP contribution in [0.5, 0.6) is 0 Å². The van der Waals surface area contributed by atoms with Gasteiger partial charge in [-0.15, -0.1) is 0 Å². The molecule has 2 aromatic heterocycles. The van der Waals surface area contributed by atoms with Gasteiger partial charge in [0.2, 0.25) is 0 Å². The fourth-order valence-corrected chi connectivity index (χ4v) is 2.94. The number of hydrogen-bond acceptors (Lipinski definition) is 5. The minimum atomic E-state index is 0.203. The van der Waals surface area contributed by atoms with Gasteiger partial charge in [-0.05, 0) is 25.5 Å². The standard InChI is InChI=1S/C16H24N4O2/c1-4-13-6-7-14(22-13)11(2)17-12-5-8-16-18-15(10-21-3)19-20(16)9-12/h6-7,11-12,17H,4-5,8-10H2,1-3H3/t11-,12-/m0/s1. The van der Waals surface area contributed by atoms with Crippen molar-refractivity contribution in [2.45, 2.75) is 58.3 Å². The third-order valence-electron chi connectivity index (χ3n) is 4.12. The molecule has 0 aliphatic carbocycles. The van der Waals surface area contributed by atoms with Crippen molar-refractivity contribution in [1.29, 1.82) is 0 Å². The second-order valence-electron chi connectivity index (χ2n) is 5.84. The van der Waals surface area contributed by atoms with E-state index >= 15 is 0 Å². The molecule has 0 amide bonds. The van der Waals surface area contributed by atoms with Crippen LogP contribution in [-0.4, -0.2) is 27.9 Å². The molecule has 0 spiro atoms. The summed E-state index contributed by atoms with van der Waals surface area (Å²) in [4.78, 5) is 4.51. The van der Waals surface area contributed by atoms with Crippen LogP contribution in [0.25, 0.3) is 0 Å². The van der Waals surface area contributed by atoms with E-state index in [9.17, 15) is 0 Å². The van der Waals surface area contributed by atoms with Crippen LogP contribution in [0.3, 0.4) is 0 Å². The minimum absolute atomic E-state index is 0.203. The van der Waals surface area contributed by atoms with Gasteiger partial charge in [0.1, 0.15) is 24.0 Å². The molecule has 1 aliphatic rings. The average Bonchev–Trinajstić information content (AvgIpc) is 3.13. The molecule has 2 atom stereocenters. The number of furan rings is 1. The predicted octanol–water partition coefficient (Wildman–Crippen LogP) is 2.25. The normalized spacial score (nSPS) is 19.1. The summed E-state index contributed by atoms with van der Waals surface area (Å²) in [6, 6.07) is 4.71. The van der Waals surface area contributed by atoms with Crippen molar-refractivity contribution < 1.29 is 9.15 Å². The quantitative estimate of drug-likeness (QED) is 0.886. The van der Waals surface area contributed by atoms with E-state index in [0.29, 0.717) is 12.6 Å². The Hall–Kier alpha value is -1.66. The summed E-state index contributed by atoms with van der Waals surface area (Å²) >= 11 is 0. The van der Waals surface area contributed by atoms with E-state index in [1.165, 1.54) is 0 Å². The van der Waals surface area contributed by atoms with E-state index in [-0.39, 0.29) is 6.04 Å². The Bertz CT molecular complexity index is 619. The molecule has 0 bridgehead atoms. The summed E-state index contributed by atoms with van der Waals surface area (Å²) in [5.41, 5.74) is 0. The topological polar surface area (TPSA) is 65.1 Å². The van der Waals surface area contributed by atoms with Crippen LogP contribution in [0.15, 0.2) is 16.5 Å². The maximum absolute atomic E-state index is 5.83. The maximum Gasteiger partial charge on any atom is 0.176 e. The second-order valence-corrected chi connectivity index (χ2v) is 5.84. The molecule has 0 saturated carbocycles. The summed E-state index contributed by atoms with van der Waals surface area (Å²) in [7, 11) is 1.67. The Balaban J connectivity index is 1.61. The first-order valence-corrected chi connectivity index (χ1v) is 7.95. The lowest BCUT2D eigenvalue weighted by Gasteiger charge is -2.26. The van der Waals surface area contributed by atoms with E-state index in [2.05, 4.69) is 41.4 Å². The lowest BCUT2D eigenvalue weighted by molar-refractivity contribution is 0.177. The Morgan fingerprint density at radius 1 is 1.50 bits per heavy atom. The van der Waals surface area contributed by atoms with Crippen molar-refractivity contribution in [3.8, 4) is 0 Å². The van der Waals surface area contributed by atoms with Crippen LogP contribution in [0.1, 0.15) is 49.5 Å². The zero-order chi connectivity index (χ0) is 15.5. The Morgan fingerprint density at radius 2 is 2.36 bits per heavy atom. The number of aryl methyl sites for hydroxylation is 2. The van der Waals surface area contributed by atoms with E-state index in [0.717, 1.165) is 49.0 Å². The molecule has 6 heteroatoms. The summed E-state index contributed by atoms with van der Waals surface area (Å²) in [6.45, 7) is 5.57. The molecule has 1 aliphatic heterocycles. The molecule has 3 rings (SSSR count). The van der Waals surface area contributed by atoms with Crippen LogP contribution in [0.4, 0.5) is 0 Å². The Morgan fingerprint density at radius 3 is 3.09 bits per heavy atom. The molecule has 6 nitrogen and oxygen atoms in total. The van der Waals surface area contributed by atoms with Crippen molar-refractivity contribution in [2.24, 2.45) is 0 Å². The van der Waals surface area contributed by atoms with Gasteiger partial charge in [0.25, 0.3) is 0 Å². The van der Waals surface area contributed by atoms with Gasteiger partial charge in [0, 0.05) is 26.0 Å². The number of aromatic nitrogens is 3. The molecule has 0 saturated heterocycles. The molecular weight excluding hydrogens is 280 g/mol. The molecule has 120 valence electrons. The first kappa shape index (κ1) is 15.2. The lowest BCUT2D eigenvalue weighted by atomic mass is 10.1. The third-order valence-corrected chi connectivity index (χ3v) is 4.12. The second kappa shape index (κ2) is 6.62. The number of methoxy groups -OCH3 is 1. The lowest BCUT2D eigenvalue weighted by Crippen LogP contribution is -2.39. The number of nitrogens with one attached hydrogen (secondary N) is 1. The van der Waals surface area contributed by atoms with Crippen LogP contribution in [0, 0.1) is 0 Å². The van der Waals surface area contributed by atoms with Gasteiger partial charge in [0.05, 0.1) is 12.6 Å². The van der Waals surface area contributed by atoms with Gasteiger partial charge < -0.3 is 14.5 Å². The monoisotopic (exact) mass is 304 g/mol. The minimum Gasteiger partial charge on any atom is -0.464 e. The molecule has 22 heavy (non-hydrogen) atoms. The fourth-order valence-electron chi connectivity index (χ4n) is 2.94. The molecule has 2 aromatic rings. The zero-order valence-corrected chi connectivity index (χ0v) is 13.5. The summed E-state index contributed by atoms with van der Waals surface area (Å²) < 4.78 is 12.9. The first-order valence-electron chi connectivity index (χ1n) is 7.95. The molecule has 0 fully saturated rings. The Kier molecular flexibility index (Phi) is 4.59. The van der Waals surface area contributed by atoms with Gasteiger partial charge in [-0.3, -0.25) is 0 Å². The number of rotatable bonds is 6. The van der Waals surface area contributed by atoms with Gasteiger partial charge in [-0.2, -0.15) is 5.10 Å². The summed E-state index contributed by atoms with van der Waals surface area (Å²) in [6.07, 6.45) is 2.94. The van der Waals surface area contributed by atoms with Crippen molar-refractivity contribution in [3.05, 3.63) is 35.3 Å². The molecular formula is C16H24N4O2. The van der Waals surface area contributed by atoms with Crippen molar-refractivity contribution >= 4 is 0 Å². The third kappa shape index (κ3) is 3.23. The number of hydrogen-bond donors (Lipinski definition) is 1. The molecule has 1 N–H and O–H groups in total. The molecule has 0 unspecified atom stereocenters. The van der Waals surface area contributed by atoms with Crippen molar-refractivity contribution in [2.75, 3.05) is 7.11 Å². The van der Waals surface area contributed by atoms with Crippen LogP contribution >= 0.6 is 0 Å². The average molecular weight is 304 g/mol. The van der Waals surface area contributed by atoms with Crippen LogP contribution < -0.4 is 5.32 Å². The largest absolute Gasteiger partial charge is 0.464 e. The summed E-state index contributed by atoms with van der Waals surface area (Å²) in [5.74, 6) is 3.87. The number of nitrogens with zero attached hydrogens (tertiary/aromatic N) is 3. The van der Waals surface area contributed by atoms with E-state index in [4.69, 9.17) is 9.15 Å². The molecule has 0 radical (unpaired) electrons. The number of ether oxygens (including phenoxy) is 1. The van der Waals surface area contributed by atoms with E-state index < -0.39 is 0 Å². The van der Waals surface area contributed by atoms with Gasteiger partial charge in [-0.1, -0.05) is 6.92 Å². The van der Waals surface area contributed by atoms with Crippen molar-refractivity contribution in [1.82, 2.24) is 20.1 Å². The highest BCUT2D eigenvalue weighted by Gasteiger charge is 2.23. The highest BCUT2D eigenvalue weighted by Crippen LogP contribution is 2.20. The van der Waals surface area contributed by atoms with Gasteiger partial charge in [-0.25, -0.2) is 9.67 Å². The fraction of sp³-hybridized carbons (Fsp3) is 0.625. The van der Waals surface area contributed by atoms with Gasteiger partial charge >= 0.3 is 0 Å². The maximum atomic E-state index is 5.83. The van der Waals surface area contributed by atoms with E-state index in [1.807, 2.05) is 4.68 Å². The summed E-state index contributed by atoms with van der Waals surface area (Å²) in [5, 5.41) is 8.15. The highest BCUT2D eigenvalue weighted by atomic mass is 16.5. The predicted molar refractivity (Wildman–Crippen MR) is 82.5 cm³/mol. The Labute approximate surface area is 130 Å². The van der Waals surface area contributed by atoms with Crippen LogP contribution in [0.2, 0.25) is 0 Å². The van der Waals surface area contributed by atoms with Crippen LogP contribution in [-0.2, 0) is 30.7 Å². The molecule has 0 aromatic carbocycles. The number of fused-ring (bicyclic) bond motifs is 1. The molecule has 3 heterocycles. The van der Waals surface area contributed by atoms with Gasteiger partial charge in [0.15, 0.2) is 5.82 Å². The highest BCUT2D eigenvalue weighted by molar-refractivity contribution is 5.10. The van der Waals surface area contributed by atoms with Crippen molar-refractivity contribution in [3.63, 3.8) is 0 Å². The smallest absolute Gasteiger partial charge is 0.176 e. The SMILES string of the molecule is CCc1ccc([C@H](C)N[C@H]2CCc3nc(COC)nn3C2)o1. The first-order chi connectivity index (χ1) is 10.7. The van der Waals surface area contributed by atoms with E-state index in [1.54, 1.807) is 7.11 Å². The zero-order valence-electron chi connectivity index (χ0n) is 13.5.